The molecule has 2 aliphatic heterocycles. The molecule has 9 N–H and O–H groups in total. The maximum Gasteiger partial charge on any atom is 0.220 e. The zero-order chi connectivity index (χ0) is 53.2. The molecule has 14 nitrogen and oxygen atoms in total. The summed E-state index contributed by atoms with van der Waals surface area (Å²) in [5.41, 5.74) is 0. The lowest BCUT2D eigenvalue weighted by Gasteiger charge is -2.46. The third kappa shape index (κ3) is 31.9. The van der Waals surface area contributed by atoms with Crippen LogP contribution in [-0.4, -0.2) is 140 Å². The van der Waals surface area contributed by atoms with E-state index in [4.69, 9.17) is 18.9 Å². The Morgan fingerprint density at radius 1 is 0.438 bits per heavy atom. The minimum absolute atomic E-state index is 0.203. The van der Waals surface area contributed by atoms with Crippen molar-refractivity contribution in [3.63, 3.8) is 0 Å². The molecule has 12 unspecified atom stereocenters. The maximum atomic E-state index is 13.2. The smallest absolute Gasteiger partial charge is 0.220 e. The predicted octanol–water partition coefficient (Wildman–Crippen LogP) is 10.5. The molecule has 2 fully saturated rings. The lowest BCUT2D eigenvalue weighted by molar-refractivity contribution is -0.359. The Bertz CT molecular complexity index is 1230. The van der Waals surface area contributed by atoms with E-state index < -0.39 is 86.8 Å². The van der Waals surface area contributed by atoms with E-state index >= 15 is 0 Å². The Balaban J connectivity index is 1.66. The van der Waals surface area contributed by atoms with Crippen molar-refractivity contribution in [3.8, 4) is 0 Å². The fourth-order valence-electron chi connectivity index (χ4n) is 10.6. The van der Waals surface area contributed by atoms with Crippen LogP contribution in [0.25, 0.3) is 0 Å². The molecule has 2 saturated heterocycles. The molecule has 0 spiro atoms. The van der Waals surface area contributed by atoms with Crippen LogP contribution < -0.4 is 5.32 Å². The van der Waals surface area contributed by atoms with E-state index in [1.54, 1.807) is 0 Å². The number of amides is 1. The van der Waals surface area contributed by atoms with E-state index in [1.807, 2.05) is 0 Å². The van der Waals surface area contributed by atoms with Crippen LogP contribution in [-0.2, 0) is 23.7 Å². The molecule has 2 heterocycles. The Labute approximate surface area is 444 Å². The van der Waals surface area contributed by atoms with Crippen molar-refractivity contribution in [1.29, 1.82) is 0 Å². The van der Waals surface area contributed by atoms with E-state index in [0.29, 0.717) is 12.8 Å². The quantitative estimate of drug-likeness (QED) is 0.0259. The van der Waals surface area contributed by atoms with Crippen LogP contribution in [0.2, 0.25) is 0 Å². The number of aliphatic hydroxyl groups is 8. The van der Waals surface area contributed by atoms with Crippen LogP contribution in [0.1, 0.15) is 277 Å². The Morgan fingerprint density at radius 3 is 1.16 bits per heavy atom. The molecule has 1 amide bonds. The van der Waals surface area contributed by atoms with Crippen LogP contribution >= 0.6 is 0 Å². The van der Waals surface area contributed by atoms with Crippen LogP contribution in [0.5, 0.6) is 0 Å². The van der Waals surface area contributed by atoms with E-state index in [1.165, 1.54) is 199 Å². The molecule has 0 radical (unpaired) electrons. The van der Waals surface area contributed by atoms with Gasteiger partial charge in [0.1, 0.15) is 48.8 Å². The molecule has 0 bridgehead atoms. The number of carbonyl (C=O) groups is 1. The molecule has 73 heavy (non-hydrogen) atoms. The number of nitrogens with one attached hydrogen (secondary N) is 1. The first-order valence-electron chi connectivity index (χ1n) is 30.8. The van der Waals surface area contributed by atoms with Gasteiger partial charge in [0.25, 0.3) is 0 Å². The zero-order valence-electron chi connectivity index (χ0n) is 46.7. The highest BCUT2D eigenvalue weighted by atomic mass is 16.7. The molecule has 2 aliphatic rings. The van der Waals surface area contributed by atoms with E-state index in [0.717, 1.165) is 51.4 Å². The summed E-state index contributed by atoms with van der Waals surface area (Å²) in [4.78, 5) is 13.2. The van der Waals surface area contributed by atoms with E-state index in [9.17, 15) is 45.6 Å². The van der Waals surface area contributed by atoms with E-state index in [2.05, 4.69) is 19.2 Å². The topological polar surface area (TPSA) is 228 Å². The molecule has 12 atom stereocenters. The average Bonchev–Trinajstić information content (AvgIpc) is 3.39. The highest BCUT2D eigenvalue weighted by molar-refractivity contribution is 5.76. The summed E-state index contributed by atoms with van der Waals surface area (Å²) >= 11 is 0. The number of ether oxygens (including phenoxy) is 4. The van der Waals surface area contributed by atoms with Gasteiger partial charge in [-0.1, -0.05) is 258 Å². The van der Waals surface area contributed by atoms with Crippen molar-refractivity contribution in [2.24, 2.45) is 0 Å². The van der Waals surface area contributed by atoms with Crippen molar-refractivity contribution in [2.75, 3.05) is 19.8 Å². The second-order valence-electron chi connectivity index (χ2n) is 22.2. The summed E-state index contributed by atoms with van der Waals surface area (Å²) < 4.78 is 22.8. The Morgan fingerprint density at radius 2 is 0.781 bits per heavy atom. The number of rotatable bonds is 50. The fraction of sp³-hybridized carbons (Fsp3) is 0.983. The van der Waals surface area contributed by atoms with Gasteiger partial charge in [-0.3, -0.25) is 4.79 Å². The summed E-state index contributed by atoms with van der Waals surface area (Å²) in [6.07, 6.45) is 34.1. The first-order valence-corrected chi connectivity index (χ1v) is 30.8. The number of aliphatic hydroxyl groups excluding tert-OH is 8. The molecule has 2 rings (SSSR count). The van der Waals surface area contributed by atoms with Gasteiger partial charge >= 0.3 is 0 Å². The lowest BCUT2D eigenvalue weighted by atomic mass is 9.97. The average molecular weight is 1050 g/mol. The number of hydrogen-bond acceptors (Lipinski definition) is 13. The van der Waals surface area contributed by atoms with Gasteiger partial charge in [0, 0.05) is 6.42 Å². The predicted molar refractivity (Wildman–Crippen MR) is 291 cm³/mol. The molecular formula is C59H115NO13. The van der Waals surface area contributed by atoms with Gasteiger partial charge in [-0.05, 0) is 12.8 Å². The standard InChI is InChI=1S/C59H115NO13/c1-3-5-7-9-11-13-15-16-17-18-19-20-21-22-23-24-25-26-27-28-29-30-31-33-34-36-38-40-42-48(63)47(60-51(64)43-41-39-37-35-32-14-12-10-8-6-4-2)46-70-58-56(69)54(67)57(50(45-62)72-58)73-59-55(68)53(66)52(65)49(44-61)71-59/h47-50,52-59,61-63,65-69H,3-46H2,1-2H3,(H,60,64). The van der Waals surface area contributed by atoms with Crippen molar-refractivity contribution in [3.05, 3.63) is 0 Å². The van der Waals surface area contributed by atoms with Gasteiger partial charge in [-0.25, -0.2) is 0 Å². The summed E-state index contributed by atoms with van der Waals surface area (Å²) in [5.74, 6) is -0.203. The highest BCUT2D eigenvalue weighted by Gasteiger charge is 2.51. The number of carbonyl (C=O) groups excluding carboxylic acids is 1. The normalized spacial score (nSPS) is 25.3. The first-order chi connectivity index (χ1) is 35.6. The zero-order valence-corrected chi connectivity index (χ0v) is 46.7. The monoisotopic (exact) mass is 1050 g/mol. The summed E-state index contributed by atoms with van der Waals surface area (Å²) in [7, 11) is 0. The second-order valence-corrected chi connectivity index (χ2v) is 22.2. The van der Waals surface area contributed by atoms with Gasteiger partial charge in [0.15, 0.2) is 12.6 Å². The van der Waals surface area contributed by atoms with Crippen LogP contribution in [0.4, 0.5) is 0 Å². The molecule has 0 aromatic rings. The first kappa shape index (κ1) is 68.1. The number of unbranched alkanes of at least 4 members (excludes halogenated alkanes) is 37. The summed E-state index contributed by atoms with van der Waals surface area (Å²) in [5, 5.41) is 87.2. The third-order valence-corrected chi connectivity index (χ3v) is 15.6. The van der Waals surface area contributed by atoms with Crippen LogP contribution in [0.15, 0.2) is 0 Å². The van der Waals surface area contributed by atoms with Gasteiger partial charge in [-0.15, -0.1) is 0 Å². The van der Waals surface area contributed by atoms with Crippen molar-refractivity contribution in [1.82, 2.24) is 5.32 Å². The minimum atomic E-state index is -1.78. The molecule has 0 saturated carbocycles. The molecule has 0 aromatic heterocycles. The molecule has 434 valence electrons. The third-order valence-electron chi connectivity index (χ3n) is 15.6. The van der Waals surface area contributed by atoms with Crippen molar-refractivity contribution in [2.45, 2.75) is 351 Å². The number of hydrogen-bond donors (Lipinski definition) is 9. The Kier molecular flexibility index (Phi) is 42.9. The minimum Gasteiger partial charge on any atom is -0.394 e. The maximum absolute atomic E-state index is 13.2. The van der Waals surface area contributed by atoms with E-state index in [-0.39, 0.29) is 12.5 Å². The van der Waals surface area contributed by atoms with Crippen LogP contribution in [0.3, 0.4) is 0 Å². The second kappa shape index (κ2) is 46.0. The van der Waals surface area contributed by atoms with Crippen molar-refractivity contribution < 1.29 is 64.6 Å². The highest BCUT2D eigenvalue weighted by Crippen LogP contribution is 2.30. The lowest BCUT2D eigenvalue weighted by Crippen LogP contribution is -2.65. The van der Waals surface area contributed by atoms with Gasteiger partial charge in [0.2, 0.25) is 5.91 Å². The molecule has 0 aliphatic carbocycles. The molecular weight excluding hydrogens is 931 g/mol. The van der Waals surface area contributed by atoms with Gasteiger partial charge < -0.3 is 65.1 Å². The van der Waals surface area contributed by atoms with Crippen molar-refractivity contribution >= 4 is 5.91 Å². The molecule has 0 aromatic carbocycles. The molecule has 14 heteroatoms. The van der Waals surface area contributed by atoms with Gasteiger partial charge in [0.05, 0.1) is 32.0 Å². The van der Waals surface area contributed by atoms with Crippen LogP contribution in [0, 0.1) is 0 Å². The summed E-state index contributed by atoms with van der Waals surface area (Å²) in [6.45, 7) is 2.88. The Hall–Kier alpha value is -1.01. The fourth-order valence-corrected chi connectivity index (χ4v) is 10.6. The largest absolute Gasteiger partial charge is 0.394 e. The SMILES string of the molecule is CCCCCCCCCCCCCCCCCCCCCCCCCCCCCCC(O)C(COC1OC(CO)C(OC2OC(CO)C(O)C(O)C2O)C(O)C1O)NC(=O)CCCCCCCCCCCCC. The van der Waals surface area contributed by atoms with Gasteiger partial charge in [-0.2, -0.15) is 0 Å². The summed E-state index contributed by atoms with van der Waals surface area (Å²) in [6, 6.07) is -0.822.